The summed E-state index contributed by atoms with van der Waals surface area (Å²) in [6, 6.07) is 17.6. The molecule has 0 saturated carbocycles. The fourth-order valence-electron chi connectivity index (χ4n) is 5.14. The van der Waals surface area contributed by atoms with Gasteiger partial charge in [-0.15, -0.1) is 0 Å². The molecule has 1 aliphatic heterocycles. The van der Waals surface area contributed by atoms with Crippen molar-refractivity contribution in [2.75, 3.05) is 38.2 Å². The number of halogens is 1. The zero-order chi connectivity index (χ0) is 23.7. The second-order valence-electron chi connectivity index (χ2n) is 8.96. The highest BCUT2D eigenvalue weighted by atomic mass is 19.1. The number of nitrogens with zero attached hydrogens (tertiary/aromatic N) is 3. The number of aryl methyl sites for hydroxylation is 1. The Labute approximate surface area is 198 Å². The summed E-state index contributed by atoms with van der Waals surface area (Å²) in [5.41, 5.74) is 5.68. The standard InChI is InChI=1S/C27H28FN5O/c1-3-6-19-16-26(33-24-8-5-4-7-23(24)30-27(33)22(19)17-29)32-13-11-31(12-14-32)18-20-15-21(28)9-10-25(20)34-2/h4-5,7-10,15-16H,3,6,11-14,18H2,1-2H3/p+2. The van der Waals surface area contributed by atoms with Crippen LogP contribution in [-0.2, 0) is 13.0 Å². The van der Waals surface area contributed by atoms with E-state index in [0.717, 1.165) is 90.5 Å². The van der Waals surface area contributed by atoms with Gasteiger partial charge in [0.15, 0.2) is 0 Å². The number of aromatic amines is 1. The summed E-state index contributed by atoms with van der Waals surface area (Å²) < 4.78 is 21.5. The van der Waals surface area contributed by atoms with E-state index in [4.69, 9.17) is 4.74 Å². The third-order valence-corrected chi connectivity index (χ3v) is 6.82. The number of hydrogen-bond donors (Lipinski definition) is 2. The molecule has 174 valence electrons. The summed E-state index contributed by atoms with van der Waals surface area (Å²) in [6.07, 6.45) is 1.85. The smallest absolute Gasteiger partial charge is 0.250 e. The zero-order valence-electron chi connectivity index (χ0n) is 19.7. The van der Waals surface area contributed by atoms with Gasteiger partial charge in [0, 0.05) is 6.07 Å². The summed E-state index contributed by atoms with van der Waals surface area (Å²) in [5, 5.41) is 9.97. The van der Waals surface area contributed by atoms with E-state index in [2.05, 4.69) is 45.5 Å². The summed E-state index contributed by atoms with van der Waals surface area (Å²) in [6.45, 7) is 6.52. The topological polar surface area (TPSA) is 60.6 Å². The van der Waals surface area contributed by atoms with Crippen LogP contribution in [0.4, 0.5) is 10.2 Å². The number of fused-ring (bicyclic) bond motifs is 3. The monoisotopic (exact) mass is 459 g/mol. The number of benzene rings is 2. The van der Waals surface area contributed by atoms with Gasteiger partial charge in [-0.2, -0.15) is 9.66 Å². The number of nitrogens with one attached hydrogen (secondary N) is 2. The molecule has 6 nitrogen and oxygen atoms in total. The molecule has 2 aromatic carbocycles. The van der Waals surface area contributed by atoms with Gasteiger partial charge < -0.3 is 9.64 Å². The normalized spacial score (nSPS) is 14.6. The Kier molecular flexibility index (Phi) is 6.08. The third-order valence-electron chi connectivity index (χ3n) is 6.82. The molecule has 7 heteroatoms. The van der Waals surface area contributed by atoms with Crippen molar-refractivity contribution in [1.29, 1.82) is 5.26 Å². The van der Waals surface area contributed by atoms with Crippen molar-refractivity contribution in [3.8, 4) is 11.8 Å². The van der Waals surface area contributed by atoms with Crippen molar-refractivity contribution in [2.45, 2.75) is 26.3 Å². The molecule has 2 N–H and O–H groups in total. The van der Waals surface area contributed by atoms with Crippen molar-refractivity contribution >= 4 is 22.5 Å². The molecule has 0 aliphatic carbocycles. The molecule has 3 heterocycles. The van der Waals surface area contributed by atoms with Gasteiger partial charge in [0.1, 0.15) is 67.0 Å². The SMILES string of the molecule is CCCc1cc(N2CC[NH+](Cc3cc(F)ccc3OC)CC2)[n+]2c([nH]c3ccccc32)c1C#N. The first-order valence-electron chi connectivity index (χ1n) is 11.9. The Hall–Kier alpha value is -3.63. The maximum Gasteiger partial charge on any atom is 0.250 e. The number of H-pyrrole nitrogens is 1. The number of rotatable bonds is 6. The minimum atomic E-state index is -0.229. The number of nitriles is 1. The Bertz CT molecular complexity index is 1380. The van der Waals surface area contributed by atoms with Gasteiger partial charge in [0.25, 0.3) is 0 Å². The van der Waals surface area contributed by atoms with E-state index in [9.17, 15) is 9.65 Å². The van der Waals surface area contributed by atoms with Crippen LogP contribution >= 0.6 is 0 Å². The fourth-order valence-corrected chi connectivity index (χ4v) is 5.14. The van der Waals surface area contributed by atoms with Crippen LogP contribution in [0.3, 0.4) is 0 Å². The number of pyridine rings is 1. The summed E-state index contributed by atoms with van der Waals surface area (Å²) in [4.78, 5) is 7.32. The highest BCUT2D eigenvalue weighted by Crippen LogP contribution is 2.24. The van der Waals surface area contributed by atoms with Gasteiger partial charge in [-0.25, -0.2) is 4.39 Å². The van der Waals surface area contributed by atoms with E-state index < -0.39 is 0 Å². The Morgan fingerprint density at radius 3 is 2.68 bits per heavy atom. The van der Waals surface area contributed by atoms with Crippen LogP contribution in [0.1, 0.15) is 30.0 Å². The third kappa shape index (κ3) is 3.95. The predicted molar refractivity (Wildman–Crippen MR) is 130 cm³/mol. The summed E-state index contributed by atoms with van der Waals surface area (Å²) >= 11 is 0. The predicted octanol–water partition coefficient (Wildman–Crippen LogP) is 2.78. The van der Waals surface area contributed by atoms with Crippen molar-refractivity contribution < 1.29 is 18.4 Å². The molecule has 1 aliphatic rings. The highest BCUT2D eigenvalue weighted by Gasteiger charge is 2.30. The zero-order valence-corrected chi connectivity index (χ0v) is 19.7. The number of anilines is 1. The minimum Gasteiger partial charge on any atom is -0.496 e. The van der Waals surface area contributed by atoms with Crippen molar-refractivity contribution in [3.63, 3.8) is 0 Å². The summed E-state index contributed by atoms with van der Waals surface area (Å²) in [5.74, 6) is 1.63. The lowest BCUT2D eigenvalue weighted by Crippen LogP contribution is -3.13. The number of para-hydroxylation sites is 2. The lowest BCUT2D eigenvalue weighted by molar-refractivity contribution is -0.914. The first-order chi connectivity index (χ1) is 16.6. The molecule has 0 amide bonds. The van der Waals surface area contributed by atoms with Crippen LogP contribution in [-0.4, -0.2) is 38.3 Å². The molecule has 0 spiro atoms. The molecule has 34 heavy (non-hydrogen) atoms. The van der Waals surface area contributed by atoms with Crippen molar-refractivity contribution in [1.82, 2.24) is 4.98 Å². The van der Waals surface area contributed by atoms with Crippen LogP contribution in [0.25, 0.3) is 16.7 Å². The number of piperazine rings is 1. The quantitative estimate of drug-likeness (QED) is 0.436. The molecule has 0 atom stereocenters. The van der Waals surface area contributed by atoms with Crippen molar-refractivity contribution in [3.05, 3.63) is 71.0 Å². The number of ether oxygens (including phenoxy) is 1. The molecule has 0 radical (unpaired) electrons. The Balaban J connectivity index is 1.47. The van der Waals surface area contributed by atoms with Crippen LogP contribution in [0.15, 0.2) is 48.5 Å². The van der Waals surface area contributed by atoms with Crippen LogP contribution in [0.5, 0.6) is 5.75 Å². The van der Waals surface area contributed by atoms with Gasteiger partial charge in [-0.3, -0.25) is 9.88 Å². The largest absolute Gasteiger partial charge is 0.496 e. The maximum absolute atomic E-state index is 13.8. The van der Waals surface area contributed by atoms with E-state index >= 15 is 0 Å². The number of quaternary nitrogens is 1. The molecule has 2 aromatic heterocycles. The lowest BCUT2D eigenvalue weighted by Gasteiger charge is -2.30. The molecule has 1 saturated heterocycles. The molecular formula is C27H30FN5O+2. The molecule has 1 fully saturated rings. The van der Waals surface area contributed by atoms with Gasteiger partial charge in [-0.05, 0) is 42.3 Å². The number of imidazole rings is 1. The molecule has 5 rings (SSSR count). The first-order valence-corrected chi connectivity index (χ1v) is 11.9. The van der Waals surface area contributed by atoms with Gasteiger partial charge in [0.2, 0.25) is 11.5 Å². The molecule has 4 aromatic rings. The van der Waals surface area contributed by atoms with Gasteiger partial charge >= 0.3 is 0 Å². The molecule has 0 unspecified atom stereocenters. The van der Waals surface area contributed by atoms with E-state index in [1.54, 1.807) is 19.2 Å². The van der Waals surface area contributed by atoms with Gasteiger partial charge in [-0.1, -0.05) is 25.5 Å². The highest BCUT2D eigenvalue weighted by molar-refractivity contribution is 5.77. The van der Waals surface area contributed by atoms with Crippen LogP contribution in [0.2, 0.25) is 0 Å². The molecule has 0 bridgehead atoms. The average molecular weight is 460 g/mol. The Morgan fingerprint density at radius 1 is 1.15 bits per heavy atom. The second kappa shape index (κ2) is 9.32. The number of methoxy groups -OCH3 is 1. The van der Waals surface area contributed by atoms with E-state index in [1.807, 2.05) is 12.1 Å². The van der Waals surface area contributed by atoms with Crippen LogP contribution in [0, 0.1) is 17.1 Å². The summed E-state index contributed by atoms with van der Waals surface area (Å²) in [7, 11) is 1.63. The number of aromatic nitrogens is 2. The first kappa shape index (κ1) is 22.2. The lowest BCUT2D eigenvalue weighted by atomic mass is 10.0. The van der Waals surface area contributed by atoms with E-state index in [0.29, 0.717) is 0 Å². The second-order valence-corrected chi connectivity index (χ2v) is 8.96. The molecular weight excluding hydrogens is 429 g/mol. The van der Waals surface area contributed by atoms with E-state index in [1.165, 1.54) is 11.0 Å². The van der Waals surface area contributed by atoms with Crippen LogP contribution < -0.4 is 18.9 Å². The van der Waals surface area contributed by atoms with Gasteiger partial charge in [0.05, 0.1) is 12.7 Å². The fraction of sp³-hybridized carbons (Fsp3) is 0.333. The number of hydrogen-bond acceptors (Lipinski definition) is 3. The van der Waals surface area contributed by atoms with Crippen molar-refractivity contribution in [2.24, 2.45) is 0 Å². The maximum atomic E-state index is 13.8. The average Bonchev–Trinajstić information content (AvgIpc) is 3.24. The minimum absolute atomic E-state index is 0.229. The Morgan fingerprint density at radius 2 is 1.94 bits per heavy atom. The van der Waals surface area contributed by atoms with E-state index in [-0.39, 0.29) is 5.82 Å².